The van der Waals surface area contributed by atoms with Gasteiger partial charge in [-0.1, -0.05) is 24.3 Å². The van der Waals surface area contributed by atoms with E-state index in [4.69, 9.17) is 0 Å². The van der Waals surface area contributed by atoms with Crippen LogP contribution in [0.2, 0.25) is 0 Å². The summed E-state index contributed by atoms with van der Waals surface area (Å²) < 4.78 is 4.28. The van der Waals surface area contributed by atoms with E-state index >= 15 is 0 Å². The molecule has 8 heteroatoms. The number of hydrogen-bond acceptors (Lipinski definition) is 4. The zero-order valence-corrected chi connectivity index (χ0v) is 19.3. The molecule has 2 heterocycles. The van der Waals surface area contributed by atoms with Gasteiger partial charge >= 0.3 is 16.8 Å². The molecule has 28 heavy (non-hydrogen) atoms. The van der Waals surface area contributed by atoms with Crippen LogP contribution in [0.25, 0.3) is 0 Å². The van der Waals surface area contributed by atoms with Crippen molar-refractivity contribution in [2.24, 2.45) is 7.05 Å². The van der Waals surface area contributed by atoms with Gasteiger partial charge < -0.3 is 32.9 Å². The Bertz CT molecular complexity index is 636. The van der Waals surface area contributed by atoms with Gasteiger partial charge in [0, 0.05) is 58.9 Å². The van der Waals surface area contributed by atoms with Crippen molar-refractivity contribution in [3.63, 3.8) is 0 Å². The predicted octanol–water partition coefficient (Wildman–Crippen LogP) is -3.05. The Hall–Kier alpha value is -0.744. The fraction of sp³-hybridized carbons (Fsp3) is 0.550. The minimum atomic E-state index is 0. The fourth-order valence-corrected chi connectivity index (χ4v) is 3.29. The van der Waals surface area contributed by atoms with E-state index < -0.39 is 0 Å². The van der Waals surface area contributed by atoms with Crippen molar-refractivity contribution in [1.29, 1.82) is 0 Å². The normalized spacial score (nSPS) is 16.9. The van der Waals surface area contributed by atoms with E-state index in [0.29, 0.717) is 0 Å². The molecule has 1 radical (unpaired) electrons. The number of nitrogens with zero attached hydrogens (tertiary/aromatic N) is 3. The summed E-state index contributed by atoms with van der Waals surface area (Å²) in [6.07, 6.45) is 6.30. The summed E-state index contributed by atoms with van der Waals surface area (Å²) in [6.45, 7) is 10.4. The van der Waals surface area contributed by atoms with Crippen LogP contribution in [0.1, 0.15) is 11.1 Å². The Morgan fingerprint density at radius 2 is 1.32 bits per heavy atom. The van der Waals surface area contributed by atoms with Crippen molar-refractivity contribution < 1.29 is 38.3 Å². The van der Waals surface area contributed by atoms with E-state index in [1.54, 1.807) is 0 Å². The quantitative estimate of drug-likeness (QED) is 0.394. The zero-order valence-electron chi connectivity index (χ0n) is 16.7. The number of hydrogen-bond donors (Lipinski definition) is 3. The first-order valence-corrected chi connectivity index (χ1v) is 9.73. The Kier molecular flexibility index (Phi) is 12.9. The first kappa shape index (κ1) is 25.3. The van der Waals surface area contributed by atoms with Crippen LogP contribution in [0.5, 0.6) is 0 Å². The van der Waals surface area contributed by atoms with Gasteiger partial charge in [-0.05, 0) is 11.1 Å². The first-order chi connectivity index (χ1) is 12.8. The van der Waals surface area contributed by atoms with Crippen molar-refractivity contribution in [3.05, 3.63) is 54.1 Å². The molecule has 0 amide bonds. The second-order valence-corrected chi connectivity index (χ2v) is 7.09. The average molecular weight is 496 g/mol. The van der Waals surface area contributed by atoms with E-state index in [0.717, 1.165) is 65.4 Å². The number of nitrogens with one attached hydrogen (secondary N) is 3. The van der Waals surface area contributed by atoms with Crippen molar-refractivity contribution in [3.8, 4) is 0 Å². The Labute approximate surface area is 190 Å². The molecule has 0 unspecified atom stereocenters. The second kappa shape index (κ2) is 14.3. The van der Waals surface area contributed by atoms with Crippen LogP contribution in [0.15, 0.2) is 43.0 Å². The summed E-state index contributed by atoms with van der Waals surface area (Å²) in [5.41, 5.74) is 2.73. The summed E-state index contributed by atoms with van der Waals surface area (Å²) in [4.78, 5) is 2.54. The minimum absolute atomic E-state index is 0. The van der Waals surface area contributed by atoms with Gasteiger partial charge in [-0.25, -0.2) is 9.13 Å². The molecule has 1 aliphatic rings. The van der Waals surface area contributed by atoms with Crippen LogP contribution < -0.4 is 37.5 Å². The number of benzene rings is 1. The van der Waals surface area contributed by atoms with Crippen molar-refractivity contribution in [2.75, 3.05) is 52.4 Å². The molecule has 3 rings (SSSR count). The summed E-state index contributed by atoms with van der Waals surface area (Å²) >= 11 is 0. The van der Waals surface area contributed by atoms with Gasteiger partial charge in [0.05, 0.1) is 7.05 Å². The molecular formula is C20H33BrCoN6+2. The molecule has 0 spiro atoms. The number of aryl methyl sites for hydroxylation is 1. The maximum Gasteiger partial charge on any atom is 2.00 e. The third-order valence-corrected chi connectivity index (χ3v) is 4.78. The van der Waals surface area contributed by atoms with Crippen LogP contribution in [0.4, 0.5) is 0 Å². The summed E-state index contributed by atoms with van der Waals surface area (Å²) in [5.74, 6) is 0. The topological polar surface area (TPSA) is 48.1 Å². The molecule has 1 aliphatic heterocycles. The molecule has 1 aromatic carbocycles. The monoisotopic (exact) mass is 495 g/mol. The van der Waals surface area contributed by atoms with Gasteiger partial charge in [0.2, 0.25) is 6.33 Å². The Morgan fingerprint density at radius 3 is 1.82 bits per heavy atom. The zero-order chi connectivity index (χ0) is 18.0. The molecule has 0 saturated carbocycles. The number of rotatable bonds is 4. The third kappa shape index (κ3) is 9.17. The van der Waals surface area contributed by atoms with Crippen LogP contribution in [0, 0.1) is 0 Å². The molecule has 0 atom stereocenters. The number of imidazole rings is 1. The smallest absolute Gasteiger partial charge is 1.00 e. The van der Waals surface area contributed by atoms with Gasteiger partial charge in [-0.3, -0.25) is 4.90 Å². The van der Waals surface area contributed by atoms with Gasteiger partial charge in [0.15, 0.2) is 0 Å². The van der Waals surface area contributed by atoms with Crippen LogP contribution in [-0.2, 0) is 36.9 Å². The van der Waals surface area contributed by atoms with Crippen molar-refractivity contribution in [1.82, 2.24) is 25.4 Å². The van der Waals surface area contributed by atoms with Gasteiger partial charge in [-0.15, -0.1) is 0 Å². The number of aromatic nitrogens is 2. The largest absolute Gasteiger partial charge is 2.00 e. The Balaban J connectivity index is 0.00000196. The van der Waals surface area contributed by atoms with Gasteiger partial charge in [0.1, 0.15) is 18.9 Å². The molecule has 1 aromatic heterocycles. The molecular weight excluding hydrogens is 463 g/mol. The summed E-state index contributed by atoms with van der Waals surface area (Å²) in [5, 5.41) is 10.5. The maximum atomic E-state index is 3.53. The van der Waals surface area contributed by atoms with E-state index in [1.807, 2.05) is 0 Å². The molecule has 0 aliphatic carbocycles. The van der Waals surface area contributed by atoms with Crippen LogP contribution >= 0.6 is 0 Å². The van der Waals surface area contributed by atoms with E-state index in [2.05, 4.69) is 80.0 Å². The summed E-state index contributed by atoms with van der Waals surface area (Å²) in [7, 11) is 2.05. The molecule has 1 saturated heterocycles. The molecule has 1 fully saturated rings. The van der Waals surface area contributed by atoms with Crippen LogP contribution in [0.3, 0.4) is 0 Å². The van der Waals surface area contributed by atoms with E-state index in [1.165, 1.54) is 11.1 Å². The molecule has 0 bridgehead atoms. The Morgan fingerprint density at radius 1 is 0.821 bits per heavy atom. The van der Waals surface area contributed by atoms with Gasteiger partial charge in [0.25, 0.3) is 0 Å². The minimum Gasteiger partial charge on any atom is -1.00 e. The average Bonchev–Trinajstić information content (AvgIpc) is 3.04. The molecule has 157 valence electrons. The van der Waals surface area contributed by atoms with Gasteiger partial charge in [-0.2, -0.15) is 0 Å². The summed E-state index contributed by atoms with van der Waals surface area (Å²) in [6, 6.07) is 9.07. The van der Waals surface area contributed by atoms with E-state index in [9.17, 15) is 0 Å². The van der Waals surface area contributed by atoms with Crippen LogP contribution in [-0.4, -0.2) is 61.8 Å². The standard InChI is InChI=1S/C20H33N6.BrH.Co/c1-24-14-15-26(18-24)17-20-4-2-19(3-5-20)16-25-12-10-22-8-6-21-7-9-23-11-13-25;;/h2-5,14-15,18,21-23H,6-13,16-17H2,1H3;1H;/q+1;;+2/p-1. The molecule has 3 N–H and O–H groups in total. The van der Waals surface area contributed by atoms with Crippen molar-refractivity contribution >= 4 is 0 Å². The second-order valence-electron chi connectivity index (χ2n) is 7.09. The van der Waals surface area contributed by atoms with E-state index in [-0.39, 0.29) is 33.8 Å². The first-order valence-electron chi connectivity index (χ1n) is 9.73. The third-order valence-electron chi connectivity index (χ3n) is 4.78. The number of halogens is 1. The maximum absolute atomic E-state index is 3.53. The molecule has 2 aromatic rings. The predicted molar refractivity (Wildman–Crippen MR) is 105 cm³/mol. The molecule has 6 nitrogen and oxygen atoms in total. The fourth-order valence-electron chi connectivity index (χ4n) is 3.29. The SMILES string of the molecule is C[n+]1ccn(Cc2ccc(CN3CCNCCNCCNCC3)cc2)c1.[Br-].[Co+2]. The van der Waals surface area contributed by atoms with Crippen molar-refractivity contribution in [2.45, 2.75) is 13.1 Å².